The molecule has 1 atom stereocenters. The Balaban J connectivity index is 2.57. The molecule has 6 heteroatoms. The van der Waals surface area contributed by atoms with Crippen LogP contribution in [0.1, 0.15) is 34.1 Å². The van der Waals surface area contributed by atoms with Crippen molar-refractivity contribution in [2.24, 2.45) is 5.11 Å². The first kappa shape index (κ1) is 19.9. The lowest BCUT2D eigenvalue weighted by Crippen LogP contribution is -2.67. The number of hydrogen-bond donors (Lipinski definition) is 0. The summed E-state index contributed by atoms with van der Waals surface area (Å²) in [5.74, 6) is -0.502. The van der Waals surface area contributed by atoms with Crippen molar-refractivity contribution in [3.05, 3.63) is 71.1 Å². The first-order valence-electron chi connectivity index (χ1n) is 8.68. The van der Waals surface area contributed by atoms with Gasteiger partial charge in [0.2, 0.25) is 5.91 Å². The van der Waals surface area contributed by atoms with Gasteiger partial charge in [-0.2, -0.15) is 0 Å². The summed E-state index contributed by atoms with van der Waals surface area (Å²) in [5.41, 5.74) is 8.47. The summed E-state index contributed by atoms with van der Waals surface area (Å²) in [7, 11) is -2.69. The summed E-state index contributed by atoms with van der Waals surface area (Å²) in [6.45, 7) is 8.41. The Bertz CT molecular complexity index is 742. The van der Waals surface area contributed by atoms with Crippen LogP contribution in [0.5, 0.6) is 0 Å². The average Bonchev–Trinajstić information content (AvgIpc) is 2.60. The normalized spacial score (nSPS) is 12.9. The van der Waals surface area contributed by atoms with Crippen molar-refractivity contribution in [1.82, 2.24) is 0 Å². The second kappa shape index (κ2) is 8.32. The number of hydrogen-bond acceptors (Lipinski definition) is 2. The highest BCUT2D eigenvalue weighted by atomic mass is 28.4. The van der Waals surface area contributed by atoms with Crippen molar-refractivity contribution in [2.45, 2.75) is 45.3 Å². The largest absolute Gasteiger partial charge is 0.404 e. The van der Waals surface area contributed by atoms with Crippen molar-refractivity contribution in [1.29, 1.82) is 0 Å². The third-order valence-corrected chi connectivity index (χ3v) is 9.57. The lowest BCUT2D eigenvalue weighted by molar-refractivity contribution is -0.119. The molecule has 0 fully saturated rings. The molecular weight excluding hydrogens is 342 g/mol. The molecule has 0 saturated carbocycles. The van der Waals surface area contributed by atoms with E-state index in [1.807, 2.05) is 43.3 Å². The Morgan fingerprint density at radius 2 is 1.54 bits per heavy atom. The van der Waals surface area contributed by atoms with E-state index in [0.717, 1.165) is 10.4 Å². The number of rotatable bonds is 6. The standard InChI is InChI=1S/C20H25N3O2Si/c1-16(15-19(24)22-23-21)25-26(20(2,3)4,17-11-7-5-8-12-17)18-13-9-6-10-14-18/h5-14,16H,15H2,1-4H3/t16-/m1/s1. The van der Waals surface area contributed by atoms with Gasteiger partial charge in [-0.25, -0.2) is 0 Å². The van der Waals surface area contributed by atoms with Gasteiger partial charge in [0.15, 0.2) is 0 Å². The SMILES string of the molecule is C[C@H](CC(=O)N=[N+]=[N-])O[Si](c1ccccc1)(c1ccccc1)C(C)(C)C. The van der Waals surface area contributed by atoms with Crippen LogP contribution >= 0.6 is 0 Å². The second-order valence-corrected chi connectivity index (χ2v) is 11.6. The fraction of sp³-hybridized carbons (Fsp3) is 0.350. The zero-order chi connectivity index (χ0) is 19.2. The topological polar surface area (TPSA) is 75.1 Å². The molecule has 2 aromatic rings. The predicted octanol–water partition coefficient (Wildman–Crippen LogP) is 4.18. The fourth-order valence-electron chi connectivity index (χ4n) is 3.37. The highest BCUT2D eigenvalue weighted by Gasteiger charge is 2.51. The van der Waals surface area contributed by atoms with Crippen LogP contribution in [0.4, 0.5) is 0 Å². The third kappa shape index (κ3) is 4.22. The molecule has 136 valence electrons. The molecule has 0 N–H and O–H groups in total. The van der Waals surface area contributed by atoms with Crippen LogP contribution < -0.4 is 10.4 Å². The number of amides is 1. The Hall–Kier alpha value is -2.40. The quantitative estimate of drug-likeness (QED) is 0.332. The number of benzene rings is 2. The molecule has 0 aromatic heterocycles. The van der Waals surface area contributed by atoms with Crippen LogP contribution in [0.15, 0.2) is 65.8 Å². The zero-order valence-electron chi connectivity index (χ0n) is 15.7. The van der Waals surface area contributed by atoms with Crippen LogP contribution in [0, 0.1) is 0 Å². The first-order valence-corrected chi connectivity index (χ1v) is 10.6. The van der Waals surface area contributed by atoms with Crippen molar-refractivity contribution >= 4 is 24.6 Å². The Labute approximate surface area is 155 Å². The summed E-state index contributed by atoms with van der Waals surface area (Å²) in [5, 5.41) is 5.33. The molecule has 0 spiro atoms. The molecule has 2 aromatic carbocycles. The summed E-state index contributed by atoms with van der Waals surface area (Å²) in [4.78, 5) is 14.4. The van der Waals surface area contributed by atoms with Gasteiger partial charge in [0, 0.05) is 11.3 Å². The fourth-order valence-corrected chi connectivity index (χ4v) is 8.07. The van der Waals surface area contributed by atoms with E-state index in [1.54, 1.807) is 0 Å². The molecule has 0 unspecified atom stereocenters. The molecule has 0 radical (unpaired) electrons. The van der Waals surface area contributed by atoms with E-state index < -0.39 is 14.2 Å². The maximum Gasteiger partial charge on any atom is 0.261 e. The molecule has 5 nitrogen and oxygen atoms in total. The minimum atomic E-state index is -2.69. The van der Waals surface area contributed by atoms with Crippen molar-refractivity contribution < 1.29 is 9.22 Å². The van der Waals surface area contributed by atoms with E-state index in [0.29, 0.717) is 0 Å². The van der Waals surface area contributed by atoms with E-state index >= 15 is 0 Å². The molecule has 26 heavy (non-hydrogen) atoms. The zero-order valence-corrected chi connectivity index (χ0v) is 16.7. The first-order chi connectivity index (χ1) is 12.3. The maximum atomic E-state index is 11.8. The van der Waals surface area contributed by atoms with E-state index in [2.05, 4.69) is 55.1 Å². The summed E-state index contributed by atoms with van der Waals surface area (Å²) < 4.78 is 6.73. The maximum absolute atomic E-state index is 11.8. The molecule has 0 heterocycles. The van der Waals surface area contributed by atoms with Crippen LogP contribution in [-0.2, 0) is 9.22 Å². The Morgan fingerprint density at radius 1 is 1.08 bits per heavy atom. The van der Waals surface area contributed by atoms with Gasteiger partial charge in [-0.15, -0.1) is 0 Å². The highest BCUT2D eigenvalue weighted by Crippen LogP contribution is 2.37. The van der Waals surface area contributed by atoms with Crippen molar-refractivity contribution in [3.63, 3.8) is 0 Å². The van der Waals surface area contributed by atoms with Gasteiger partial charge < -0.3 is 4.43 Å². The van der Waals surface area contributed by atoms with Crippen LogP contribution in [0.2, 0.25) is 5.04 Å². The van der Waals surface area contributed by atoms with Crippen LogP contribution in [0.25, 0.3) is 10.4 Å². The second-order valence-electron chi connectivity index (χ2n) is 7.38. The highest BCUT2D eigenvalue weighted by molar-refractivity contribution is 6.99. The monoisotopic (exact) mass is 367 g/mol. The molecule has 0 aliphatic carbocycles. The van der Waals surface area contributed by atoms with Gasteiger partial charge in [0.05, 0.1) is 6.10 Å². The van der Waals surface area contributed by atoms with E-state index in [1.165, 1.54) is 0 Å². The summed E-state index contributed by atoms with van der Waals surface area (Å²) in [6.07, 6.45) is -0.298. The van der Waals surface area contributed by atoms with Crippen molar-refractivity contribution in [3.8, 4) is 0 Å². The Morgan fingerprint density at radius 3 is 1.92 bits per heavy atom. The smallest absolute Gasteiger partial charge is 0.261 e. The number of nitrogens with zero attached hydrogens (tertiary/aromatic N) is 3. The minimum absolute atomic E-state index is 0.0640. The van der Waals surface area contributed by atoms with E-state index in [4.69, 9.17) is 9.96 Å². The molecule has 1 amide bonds. The molecule has 0 aliphatic rings. The molecule has 0 bridgehead atoms. The Kier molecular flexibility index (Phi) is 6.37. The van der Waals surface area contributed by atoms with Crippen LogP contribution in [-0.4, -0.2) is 20.3 Å². The lowest BCUT2D eigenvalue weighted by atomic mass is 10.2. The lowest BCUT2D eigenvalue weighted by Gasteiger charge is -2.44. The van der Waals surface area contributed by atoms with Crippen LogP contribution in [0.3, 0.4) is 0 Å². The average molecular weight is 368 g/mol. The van der Waals surface area contributed by atoms with Gasteiger partial charge in [-0.05, 0) is 33.0 Å². The number of carbonyl (C=O) groups excluding carboxylic acids is 1. The van der Waals surface area contributed by atoms with Crippen molar-refractivity contribution in [2.75, 3.05) is 0 Å². The third-order valence-electron chi connectivity index (χ3n) is 4.41. The predicted molar refractivity (Wildman–Crippen MR) is 107 cm³/mol. The number of azide groups is 1. The molecular formula is C20H25N3O2Si. The molecule has 0 aliphatic heterocycles. The summed E-state index contributed by atoms with van der Waals surface area (Å²) in [6, 6.07) is 20.5. The van der Waals surface area contributed by atoms with E-state index in [-0.39, 0.29) is 17.6 Å². The van der Waals surface area contributed by atoms with Gasteiger partial charge in [-0.1, -0.05) is 81.4 Å². The van der Waals surface area contributed by atoms with Gasteiger partial charge in [0.1, 0.15) is 0 Å². The van der Waals surface area contributed by atoms with E-state index in [9.17, 15) is 4.79 Å². The van der Waals surface area contributed by atoms with Gasteiger partial charge >= 0.3 is 0 Å². The minimum Gasteiger partial charge on any atom is -0.404 e. The van der Waals surface area contributed by atoms with Gasteiger partial charge in [-0.3, -0.25) is 4.79 Å². The molecule has 2 rings (SSSR count). The summed E-state index contributed by atoms with van der Waals surface area (Å²) >= 11 is 0. The molecule has 0 saturated heterocycles. The van der Waals surface area contributed by atoms with Gasteiger partial charge in [0.25, 0.3) is 8.32 Å². The number of carbonyl (C=O) groups is 1.